The largest absolute Gasteiger partial charge is 0.320 e. The molecular formula is C15H24N2O2S. The molecule has 0 aromatic heterocycles. The van der Waals surface area contributed by atoms with Gasteiger partial charge in [0.2, 0.25) is 10.0 Å². The number of hydrogen-bond donors (Lipinski definition) is 2. The van der Waals surface area contributed by atoms with Gasteiger partial charge in [0.1, 0.15) is 0 Å². The van der Waals surface area contributed by atoms with Crippen LogP contribution in [-0.4, -0.2) is 27.8 Å². The minimum Gasteiger partial charge on any atom is -0.320 e. The van der Waals surface area contributed by atoms with Crippen LogP contribution in [0.15, 0.2) is 18.2 Å². The van der Waals surface area contributed by atoms with Crippen molar-refractivity contribution in [1.29, 1.82) is 0 Å². The smallest absolute Gasteiger partial charge is 0.232 e. The zero-order valence-corrected chi connectivity index (χ0v) is 12.9. The summed E-state index contributed by atoms with van der Waals surface area (Å²) in [6.07, 6.45) is 5.96. The molecule has 5 heteroatoms. The van der Waals surface area contributed by atoms with Gasteiger partial charge >= 0.3 is 0 Å². The van der Waals surface area contributed by atoms with Crippen molar-refractivity contribution < 1.29 is 8.42 Å². The number of nitrogens with one attached hydrogen (secondary N) is 2. The third-order valence-corrected chi connectivity index (χ3v) is 5.11. The van der Waals surface area contributed by atoms with Crippen LogP contribution in [0.2, 0.25) is 0 Å². The van der Waals surface area contributed by atoms with Crippen LogP contribution in [0, 0.1) is 0 Å². The maximum absolute atomic E-state index is 12.1. The molecule has 0 aliphatic heterocycles. The lowest BCUT2D eigenvalue weighted by Gasteiger charge is -2.20. The average Bonchev–Trinajstić information content (AvgIpc) is 2.44. The topological polar surface area (TPSA) is 58.2 Å². The molecular weight excluding hydrogens is 272 g/mol. The SMILES string of the molecule is CNCCCCS(=O)(=O)Nc1cccc2c1CCCC2. The molecule has 1 aliphatic rings. The van der Waals surface area contributed by atoms with E-state index in [1.807, 2.05) is 19.2 Å². The zero-order chi connectivity index (χ0) is 14.4. The fourth-order valence-electron chi connectivity index (χ4n) is 2.69. The van der Waals surface area contributed by atoms with Crippen LogP contribution >= 0.6 is 0 Å². The molecule has 0 spiro atoms. The van der Waals surface area contributed by atoms with Gasteiger partial charge in [0.25, 0.3) is 0 Å². The van der Waals surface area contributed by atoms with Crippen molar-refractivity contribution in [2.24, 2.45) is 0 Å². The summed E-state index contributed by atoms with van der Waals surface area (Å²) in [5.74, 6) is 0.193. The highest BCUT2D eigenvalue weighted by Crippen LogP contribution is 2.28. The molecule has 4 nitrogen and oxygen atoms in total. The summed E-state index contributed by atoms with van der Waals surface area (Å²) >= 11 is 0. The van der Waals surface area contributed by atoms with E-state index in [4.69, 9.17) is 0 Å². The summed E-state index contributed by atoms with van der Waals surface area (Å²) in [4.78, 5) is 0. The first-order chi connectivity index (χ1) is 9.62. The first-order valence-electron chi connectivity index (χ1n) is 7.38. The van der Waals surface area contributed by atoms with E-state index in [1.54, 1.807) is 0 Å². The summed E-state index contributed by atoms with van der Waals surface area (Å²) in [6, 6.07) is 5.94. The van der Waals surface area contributed by atoms with Crippen LogP contribution in [0.3, 0.4) is 0 Å². The fraction of sp³-hybridized carbons (Fsp3) is 0.600. The summed E-state index contributed by atoms with van der Waals surface area (Å²) in [5, 5.41) is 3.03. The highest BCUT2D eigenvalue weighted by molar-refractivity contribution is 7.92. The molecule has 0 fully saturated rings. The molecule has 0 saturated heterocycles. The van der Waals surface area contributed by atoms with Crippen molar-refractivity contribution >= 4 is 15.7 Å². The highest BCUT2D eigenvalue weighted by Gasteiger charge is 2.16. The Morgan fingerprint density at radius 2 is 1.95 bits per heavy atom. The number of sulfonamides is 1. The summed E-state index contributed by atoms with van der Waals surface area (Å²) in [7, 11) is -1.35. The number of hydrogen-bond acceptors (Lipinski definition) is 3. The Morgan fingerprint density at radius 1 is 1.15 bits per heavy atom. The molecule has 0 amide bonds. The van der Waals surface area contributed by atoms with Gasteiger partial charge in [-0.15, -0.1) is 0 Å². The molecule has 1 aliphatic carbocycles. The quantitative estimate of drug-likeness (QED) is 0.759. The molecule has 1 aromatic rings. The standard InChI is InChI=1S/C15H24N2O2S/c1-16-11-4-5-12-20(18,19)17-15-10-6-8-13-7-2-3-9-14(13)15/h6,8,10,16-17H,2-5,7,9,11-12H2,1H3. The van der Waals surface area contributed by atoms with Crippen LogP contribution in [0.25, 0.3) is 0 Å². The lowest BCUT2D eigenvalue weighted by Crippen LogP contribution is -2.20. The van der Waals surface area contributed by atoms with Gasteiger partial charge in [-0.05, 0) is 69.3 Å². The molecule has 0 atom stereocenters. The lowest BCUT2D eigenvalue weighted by molar-refractivity contribution is 0.595. The molecule has 2 N–H and O–H groups in total. The van der Waals surface area contributed by atoms with Gasteiger partial charge in [-0.2, -0.15) is 0 Å². The van der Waals surface area contributed by atoms with E-state index in [0.717, 1.165) is 37.9 Å². The molecule has 20 heavy (non-hydrogen) atoms. The fourth-order valence-corrected chi connectivity index (χ4v) is 3.90. The Balaban J connectivity index is 2.02. The number of benzene rings is 1. The summed E-state index contributed by atoms with van der Waals surface area (Å²) < 4.78 is 27.0. The minimum absolute atomic E-state index is 0.193. The highest BCUT2D eigenvalue weighted by atomic mass is 32.2. The second-order valence-corrected chi connectivity index (χ2v) is 7.22. The van der Waals surface area contributed by atoms with Crippen molar-refractivity contribution in [3.05, 3.63) is 29.3 Å². The second-order valence-electron chi connectivity index (χ2n) is 5.38. The summed E-state index contributed by atoms with van der Waals surface area (Å²) in [5.41, 5.74) is 3.28. The Hall–Kier alpha value is -1.07. The molecule has 0 saturated carbocycles. The van der Waals surface area contributed by atoms with Crippen LogP contribution in [0.5, 0.6) is 0 Å². The third kappa shape index (κ3) is 4.21. The van der Waals surface area contributed by atoms with E-state index < -0.39 is 10.0 Å². The number of aryl methyl sites for hydroxylation is 1. The number of unbranched alkanes of at least 4 members (excludes halogenated alkanes) is 1. The van der Waals surface area contributed by atoms with Crippen LogP contribution in [0.1, 0.15) is 36.8 Å². The van der Waals surface area contributed by atoms with Gasteiger partial charge in [0.15, 0.2) is 0 Å². The van der Waals surface area contributed by atoms with Gasteiger partial charge in [-0.1, -0.05) is 12.1 Å². The monoisotopic (exact) mass is 296 g/mol. The Kier molecular flexibility index (Phi) is 5.43. The molecule has 0 bridgehead atoms. The molecule has 2 rings (SSSR count). The van der Waals surface area contributed by atoms with Gasteiger partial charge in [-0.25, -0.2) is 8.42 Å². The number of fused-ring (bicyclic) bond motifs is 1. The van der Waals surface area contributed by atoms with Crippen LogP contribution in [0.4, 0.5) is 5.69 Å². The number of rotatable bonds is 7. The Labute approximate surface area is 122 Å². The number of anilines is 1. The van der Waals surface area contributed by atoms with Crippen molar-refractivity contribution in [3.8, 4) is 0 Å². The molecule has 1 aromatic carbocycles. The van der Waals surface area contributed by atoms with Crippen molar-refractivity contribution in [2.75, 3.05) is 24.1 Å². The van der Waals surface area contributed by atoms with E-state index in [2.05, 4.69) is 16.1 Å². The van der Waals surface area contributed by atoms with E-state index >= 15 is 0 Å². The summed E-state index contributed by atoms with van der Waals surface area (Å²) in [6.45, 7) is 0.857. The van der Waals surface area contributed by atoms with Gasteiger partial charge in [0.05, 0.1) is 11.4 Å². The average molecular weight is 296 g/mol. The van der Waals surface area contributed by atoms with Crippen molar-refractivity contribution in [1.82, 2.24) is 5.32 Å². The lowest BCUT2D eigenvalue weighted by atomic mass is 9.91. The van der Waals surface area contributed by atoms with Gasteiger partial charge in [-0.3, -0.25) is 4.72 Å². The van der Waals surface area contributed by atoms with E-state index in [-0.39, 0.29) is 5.75 Å². The van der Waals surface area contributed by atoms with Crippen LogP contribution < -0.4 is 10.0 Å². The van der Waals surface area contributed by atoms with E-state index in [9.17, 15) is 8.42 Å². The third-order valence-electron chi connectivity index (χ3n) is 3.75. The molecule has 0 radical (unpaired) electrons. The normalized spacial score (nSPS) is 14.8. The first kappa shape index (κ1) is 15.3. The van der Waals surface area contributed by atoms with Crippen molar-refractivity contribution in [3.63, 3.8) is 0 Å². The predicted octanol–water partition coefficient (Wildman–Crippen LogP) is 2.31. The molecule has 112 valence electrons. The Bertz CT molecular complexity index is 541. The van der Waals surface area contributed by atoms with Crippen LogP contribution in [-0.2, 0) is 22.9 Å². The Morgan fingerprint density at radius 3 is 2.75 bits per heavy atom. The van der Waals surface area contributed by atoms with Gasteiger partial charge < -0.3 is 5.32 Å². The zero-order valence-electron chi connectivity index (χ0n) is 12.1. The maximum atomic E-state index is 12.1. The first-order valence-corrected chi connectivity index (χ1v) is 9.03. The van der Waals surface area contributed by atoms with E-state index in [0.29, 0.717) is 6.42 Å². The van der Waals surface area contributed by atoms with Gasteiger partial charge in [0, 0.05) is 0 Å². The second kappa shape index (κ2) is 7.09. The predicted molar refractivity (Wildman–Crippen MR) is 83.7 cm³/mol. The molecule has 0 unspecified atom stereocenters. The van der Waals surface area contributed by atoms with Crippen molar-refractivity contribution in [2.45, 2.75) is 38.5 Å². The maximum Gasteiger partial charge on any atom is 0.232 e. The molecule has 0 heterocycles. The minimum atomic E-state index is -3.23. The van der Waals surface area contributed by atoms with E-state index in [1.165, 1.54) is 17.5 Å².